The fourth-order valence-corrected chi connectivity index (χ4v) is 4.54. The first-order valence-corrected chi connectivity index (χ1v) is 11.4. The van der Waals surface area contributed by atoms with Crippen LogP contribution in [0.4, 0.5) is 4.79 Å². The Kier molecular flexibility index (Phi) is 6.00. The van der Waals surface area contributed by atoms with Crippen molar-refractivity contribution in [1.82, 2.24) is 24.6 Å². The molecule has 10 nitrogen and oxygen atoms in total. The van der Waals surface area contributed by atoms with Gasteiger partial charge >= 0.3 is 12.1 Å². The molecule has 1 aliphatic rings. The molecule has 1 amide bonds. The molecule has 11 heteroatoms. The van der Waals surface area contributed by atoms with Crippen LogP contribution in [0.15, 0.2) is 17.5 Å². The molecular weight excluding hydrogens is 446 g/mol. The van der Waals surface area contributed by atoms with Crippen LogP contribution in [0.25, 0.3) is 21.7 Å². The highest BCUT2D eigenvalue weighted by Gasteiger charge is 2.43. The second-order valence-corrected chi connectivity index (χ2v) is 9.85. The second-order valence-electron chi connectivity index (χ2n) is 8.93. The van der Waals surface area contributed by atoms with Gasteiger partial charge in [-0.3, -0.25) is 9.58 Å². The maximum absolute atomic E-state index is 12.7. The topological polar surface area (TPSA) is 109 Å². The summed E-state index contributed by atoms with van der Waals surface area (Å²) in [6, 6.07) is 3.01. The summed E-state index contributed by atoms with van der Waals surface area (Å²) >= 11 is 1.47. The SMILES string of the molecule is COC(=O)C1C[C@@H](Oc2nc(-c3cc(C)nn3C)nc3ccsc23)CN1C(=O)OC(C)(C)C. The van der Waals surface area contributed by atoms with Crippen molar-refractivity contribution in [3.63, 3.8) is 0 Å². The molecule has 1 aliphatic heterocycles. The number of esters is 1. The molecule has 0 spiro atoms. The Hall–Kier alpha value is -3.21. The Labute approximate surface area is 195 Å². The number of carbonyl (C=O) groups excluding carboxylic acids is 2. The summed E-state index contributed by atoms with van der Waals surface area (Å²) in [5.41, 5.74) is 1.68. The molecule has 0 aliphatic carbocycles. The van der Waals surface area contributed by atoms with Gasteiger partial charge in [-0.05, 0) is 45.2 Å². The molecule has 1 saturated heterocycles. The maximum atomic E-state index is 12.7. The summed E-state index contributed by atoms with van der Waals surface area (Å²) < 4.78 is 19.2. The van der Waals surface area contributed by atoms with Crippen molar-refractivity contribution in [2.75, 3.05) is 13.7 Å². The summed E-state index contributed by atoms with van der Waals surface area (Å²) in [6.07, 6.45) is -0.787. The van der Waals surface area contributed by atoms with Crippen LogP contribution < -0.4 is 4.74 Å². The van der Waals surface area contributed by atoms with Gasteiger partial charge in [0.15, 0.2) is 5.82 Å². The number of hydrogen-bond donors (Lipinski definition) is 0. The number of amides is 1. The van der Waals surface area contributed by atoms with E-state index in [1.54, 1.807) is 25.5 Å². The van der Waals surface area contributed by atoms with E-state index in [4.69, 9.17) is 14.2 Å². The van der Waals surface area contributed by atoms with Crippen LogP contribution in [0, 0.1) is 6.92 Å². The van der Waals surface area contributed by atoms with Gasteiger partial charge < -0.3 is 14.2 Å². The first kappa shape index (κ1) is 23.0. The summed E-state index contributed by atoms with van der Waals surface area (Å²) in [4.78, 5) is 35.8. The van der Waals surface area contributed by atoms with Gasteiger partial charge in [0, 0.05) is 13.5 Å². The normalized spacial score (nSPS) is 18.5. The Morgan fingerprint density at radius 1 is 1.24 bits per heavy atom. The monoisotopic (exact) mass is 473 g/mol. The molecule has 176 valence electrons. The van der Waals surface area contributed by atoms with Crippen molar-refractivity contribution < 1.29 is 23.8 Å². The Morgan fingerprint density at radius 3 is 2.64 bits per heavy atom. The van der Waals surface area contributed by atoms with Crippen molar-refractivity contribution in [3.8, 4) is 17.4 Å². The molecule has 3 aromatic rings. The van der Waals surface area contributed by atoms with E-state index in [2.05, 4.69) is 15.1 Å². The zero-order chi connectivity index (χ0) is 23.9. The van der Waals surface area contributed by atoms with E-state index in [0.717, 1.165) is 21.6 Å². The molecule has 1 fully saturated rings. The van der Waals surface area contributed by atoms with Gasteiger partial charge in [0.1, 0.15) is 28.1 Å². The Bertz CT molecular complexity index is 1200. The summed E-state index contributed by atoms with van der Waals surface area (Å²) in [5, 5.41) is 6.29. The number of carbonyl (C=O) groups is 2. The fourth-order valence-electron chi connectivity index (χ4n) is 3.77. The number of thiophene rings is 1. The maximum Gasteiger partial charge on any atom is 0.411 e. The minimum atomic E-state index is -0.797. The summed E-state index contributed by atoms with van der Waals surface area (Å²) in [5.74, 6) is 0.385. The second kappa shape index (κ2) is 8.62. The van der Waals surface area contributed by atoms with Crippen LogP contribution in [-0.2, 0) is 21.3 Å². The summed E-state index contributed by atoms with van der Waals surface area (Å²) in [7, 11) is 3.13. The lowest BCUT2D eigenvalue weighted by Crippen LogP contribution is -2.44. The van der Waals surface area contributed by atoms with E-state index in [1.807, 2.05) is 31.5 Å². The molecule has 3 aromatic heterocycles. The molecule has 4 heterocycles. The Morgan fingerprint density at radius 2 is 2.00 bits per heavy atom. The predicted molar refractivity (Wildman–Crippen MR) is 122 cm³/mol. The molecule has 2 atom stereocenters. The van der Waals surface area contributed by atoms with Gasteiger partial charge in [0.25, 0.3) is 0 Å². The standard InChI is InChI=1S/C22H27N5O5S/c1-12-9-15(26(5)25-12)18-23-14-7-8-33-17(14)19(24-18)31-13-10-16(20(28)30-6)27(11-13)21(29)32-22(2,3)4/h7-9,13,16H,10-11H2,1-6H3/t13-,16?/m1/s1. The average Bonchev–Trinajstić information content (AvgIpc) is 3.44. The Balaban J connectivity index is 1.63. The fraction of sp³-hybridized carbons (Fsp3) is 0.500. The number of nitrogens with zero attached hydrogens (tertiary/aromatic N) is 5. The van der Waals surface area contributed by atoms with Crippen molar-refractivity contribution in [3.05, 3.63) is 23.2 Å². The van der Waals surface area contributed by atoms with Gasteiger partial charge in [-0.2, -0.15) is 10.1 Å². The van der Waals surface area contributed by atoms with E-state index in [1.165, 1.54) is 23.3 Å². The molecule has 1 unspecified atom stereocenters. The lowest BCUT2D eigenvalue weighted by molar-refractivity contribution is -0.145. The third kappa shape index (κ3) is 4.77. The van der Waals surface area contributed by atoms with E-state index in [0.29, 0.717) is 11.7 Å². The molecular formula is C22H27N5O5S. The molecule has 4 rings (SSSR count). The van der Waals surface area contributed by atoms with Crippen LogP contribution in [0.5, 0.6) is 5.88 Å². The predicted octanol–water partition coefficient (Wildman–Crippen LogP) is 3.33. The van der Waals surface area contributed by atoms with E-state index in [-0.39, 0.29) is 13.0 Å². The number of fused-ring (bicyclic) bond motifs is 1. The van der Waals surface area contributed by atoms with Crippen LogP contribution >= 0.6 is 11.3 Å². The number of likely N-dealkylation sites (tertiary alicyclic amines) is 1. The highest BCUT2D eigenvalue weighted by atomic mass is 32.1. The molecule has 0 bridgehead atoms. The molecule has 0 N–H and O–H groups in total. The first-order valence-electron chi connectivity index (χ1n) is 10.6. The van der Waals surface area contributed by atoms with Gasteiger partial charge in [-0.15, -0.1) is 11.3 Å². The van der Waals surface area contributed by atoms with E-state index >= 15 is 0 Å². The van der Waals surface area contributed by atoms with Gasteiger partial charge in [-0.1, -0.05) is 0 Å². The molecule has 0 radical (unpaired) electrons. The minimum absolute atomic E-state index is 0.172. The van der Waals surface area contributed by atoms with Crippen LogP contribution in [0.1, 0.15) is 32.9 Å². The highest BCUT2D eigenvalue weighted by Crippen LogP contribution is 2.33. The summed E-state index contributed by atoms with van der Waals surface area (Å²) in [6.45, 7) is 7.40. The smallest absolute Gasteiger partial charge is 0.411 e. The molecule has 0 aromatic carbocycles. The molecule has 0 saturated carbocycles. The van der Waals surface area contributed by atoms with E-state index < -0.39 is 29.8 Å². The van der Waals surface area contributed by atoms with Crippen molar-refractivity contribution in [2.45, 2.75) is 51.9 Å². The third-order valence-corrected chi connectivity index (χ3v) is 6.04. The number of methoxy groups -OCH3 is 1. The van der Waals surface area contributed by atoms with Gasteiger partial charge in [-0.25, -0.2) is 14.6 Å². The highest BCUT2D eigenvalue weighted by molar-refractivity contribution is 7.17. The third-order valence-electron chi connectivity index (χ3n) is 5.15. The van der Waals surface area contributed by atoms with Crippen LogP contribution in [0.2, 0.25) is 0 Å². The molecule has 33 heavy (non-hydrogen) atoms. The minimum Gasteiger partial charge on any atom is -0.471 e. The number of aryl methyl sites for hydroxylation is 2. The van der Waals surface area contributed by atoms with E-state index in [9.17, 15) is 9.59 Å². The largest absolute Gasteiger partial charge is 0.471 e. The average molecular weight is 474 g/mol. The lowest BCUT2D eigenvalue weighted by atomic mass is 10.2. The number of aromatic nitrogens is 4. The number of hydrogen-bond acceptors (Lipinski definition) is 9. The van der Waals surface area contributed by atoms with Crippen molar-refractivity contribution in [1.29, 1.82) is 0 Å². The lowest BCUT2D eigenvalue weighted by Gasteiger charge is -2.27. The van der Waals surface area contributed by atoms with Gasteiger partial charge in [0.2, 0.25) is 5.88 Å². The van der Waals surface area contributed by atoms with Crippen molar-refractivity contribution >= 4 is 33.6 Å². The quantitative estimate of drug-likeness (QED) is 0.531. The zero-order valence-electron chi connectivity index (χ0n) is 19.5. The van der Waals surface area contributed by atoms with Crippen LogP contribution in [-0.4, -0.2) is 68.1 Å². The number of rotatable bonds is 4. The zero-order valence-corrected chi connectivity index (χ0v) is 20.3. The van der Waals surface area contributed by atoms with Crippen LogP contribution in [0.3, 0.4) is 0 Å². The number of ether oxygens (including phenoxy) is 3. The first-order chi connectivity index (χ1) is 15.6. The van der Waals surface area contributed by atoms with Gasteiger partial charge in [0.05, 0.1) is 24.9 Å². The van der Waals surface area contributed by atoms with Crippen molar-refractivity contribution in [2.24, 2.45) is 7.05 Å².